The summed E-state index contributed by atoms with van der Waals surface area (Å²) in [6, 6.07) is 0. The van der Waals surface area contributed by atoms with Gasteiger partial charge in [0.15, 0.2) is 5.82 Å². The lowest BCUT2D eigenvalue weighted by Gasteiger charge is -2.17. The Balaban J connectivity index is 2.66. The number of hydrogen-bond donors (Lipinski definition) is 1. The van der Waals surface area contributed by atoms with Crippen molar-refractivity contribution in [3.63, 3.8) is 0 Å². The van der Waals surface area contributed by atoms with E-state index < -0.39 is 0 Å². The number of halogens is 1. The molecule has 0 saturated carbocycles. The van der Waals surface area contributed by atoms with Crippen LogP contribution in [0.2, 0.25) is 0 Å². The molecule has 2 aromatic rings. The van der Waals surface area contributed by atoms with Crippen LogP contribution >= 0.6 is 15.9 Å². The van der Waals surface area contributed by atoms with Crippen LogP contribution < -0.4 is 5.73 Å². The van der Waals surface area contributed by atoms with Crippen molar-refractivity contribution in [2.45, 2.75) is 33.1 Å². The van der Waals surface area contributed by atoms with Crippen LogP contribution in [0.1, 0.15) is 32.2 Å². The second kappa shape index (κ2) is 4.59. The molecule has 0 unspecified atom stereocenters. The van der Waals surface area contributed by atoms with E-state index in [1.807, 2.05) is 20.2 Å². The van der Waals surface area contributed by atoms with Crippen molar-refractivity contribution in [3.8, 4) is 11.4 Å². The van der Waals surface area contributed by atoms with E-state index in [9.17, 15) is 0 Å². The summed E-state index contributed by atoms with van der Waals surface area (Å²) in [5.74, 6) is 1.07. The van der Waals surface area contributed by atoms with E-state index in [1.54, 1.807) is 4.68 Å². The molecule has 0 spiro atoms. The van der Waals surface area contributed by atoms with Crippen molar-refractivity contribution < 1.29 is 0 Å². The average Bonchev–Trinajstić information content (AvgIpc) is 2.67. The number of nitrogens with zero attached hydrogens (tertiary/aromatic N) is 4. The number of aromatic nitrogens is 4. The van der Waals surface area contributed by atoms with Crippen molar-refractivity contribution in [3.05, 3.63) is 22.1 Å². The molecule has 0 bridgehead atoms. The van der Waals surface area contributed by atoms with Crippen LogP contribution in [0.15, 0.2) is 10.7 Å². The first kappa shape index (κ1) is 14.0. The monoisotopic (exact) mass is 323 g/mol. The minimum atomic E-state index is -0.0737. The maximum Gasteiger partial charge on any atom is 0.165 e. The normalized spacial score (nSPS) is 11.9. The standard InChI is InChI=1S/C13H18BrN5/c1-7-9(14)11(15)17-12(16-7)8-6-19(5)18-10(8)13(2,3)4/h6H,1-5H3,(H2,15,16,17). The van der Waals surface area contributed by atoms with Gasteiger partial charge in [0.05, 0.1) is 21.4 Å². The Morgan fingerprint density at radius 1 is 1.26 bits per heavy atom. The van der Waals surface area contributed by atoms with Gasteiger partial charge >= 0.3 is 0 Å². The summed E-state index contributed by atoms with van der Waals surface area (Å²) < 4.78 is 2.53. The molecular weight excluding hydrogens is 306 g/mol. The first-order valence-electron chi connectivity index (χ1n) is 6.04. The van der Waals surface area contributed by atoms with Crippen molar-refractivity contribution in [2.24, 2.45) is 7.05 Å². The lowest BCUT2D eigenvalue weighted by molar-refractivity contribution is 0.554. The summed E-state index contributed by atoms with van der Waals surface area (Å²) in [5, 5.41) is 4.52. The zero-order chi connectivity index (χ0) is 14.4. The molecule has 0 radical (unpaired) electrons. The molecule has 102 valence electrons. The van der Waals surface area contributed by atoms with Gasteiger partial charge in [-0.3, -0.25) is 4.68 Å². The Morgan fingerprint density at radius 3 is 2.42 bits per heavy atom. The second-order valence-electron chi connectivity index (χ2n) is 5.65. The van der Waals surface area contributed by atoms with E-state index in [-0.39, 0.29) is 5.41 Å². The van der Waals surface area contributed by atoms with Crippen molar-refractivity contribution >= 4 is 21.7 Å². The third-order valence-corrected chi connectivity index (χ3v) is 3.80. The maximum absolute atomic E-state index is 5.90. The summed E-state index contributed by atoms with van der Waals surface area (Å²) in [4.78, 5) is 8.86. The minimum Gasteiger partial charge on any atom is -0.383 e. The Hall–Kier alpha value is -1.43. The summed E-state index contributed by atoms with van der Waals surface area (Å²) in [7, 11) is 1.90. The Bertz CT molecular complexity index is 601. The predicted molar refractivity (Wildman–Crippen MR) is 79.8 cm³/mol. The molecule has 2 aromatic heterocycles. The van der Waals surface area contributed by atoms with Gasteiger partial charge < -0.3 is 5.73 Å². The van der Waals surface area contributed by atoms with E-state index in [4.69, 9.17) is 5.73 Å². The summed E-state index contributed by atoms with van der Waals surface area (Å²) in [5.41, 5.74) is 8.55. The highest BCUT2D eigenvalue weighted by Gasteiger charge is 2.24. The summed E-state index contributed by atoms with van der Waals surface area (Å²) in [6.45, 7) is 8.26. The Labute approximate surface area is 121 Å². The number of nitrogens with two attached hydrogens (primary N) is 1. The molecule has 0 aromatic carbocycles. The van der Waals surface area contributed by atoms with Crippen LogP contribution in [-0.4, -0.2) is 19.7 Å². The lowest BCUT2D eigenvalue weighted by atomic mass is 9.89. The highest BCUT2D eigenvalue weighted by Crippen LogP contribution is 2.31. The van der Waals surface area contributed by atoms with Crippen molar-refractivity contribution in [1.82, 2.24) is 19.7 Å². The molecule has 2 heterocycles. The second-order valence-corrected chi connectivity index (χ2v) is 6.44. The Morgan fingerprint density at radius 2 is 1.89 bits per heavy atom. The molecule has 0 amide bonds. The Kier molecular flexibility index (Phi) is 3.38. The molecule has 6 heteroatoms. The number of nitrogen functional groups attached to an aromatic ring is 1. The van der Waals surface area contributed by atoms with Gasteiger partial charge in [0.25, 0.3) is 0 Å². The highest BCUT2D eigenvalue weighted by atomic mass is 79.9. The molecule has 0 fully saturated rings. The first-order chi connectivity index (χ1) is 8.70. The van der Waals surface area contributed by atoms with E-state index in [2.05, 4.69) is 51.8 Å². The van der Waals surface area contributed by atoms with E-state index in [0.717, 1.165) is 21.4 Å². The fourth-order valence-electron chi connectivity index (χ4n) is 1.91. The van der Waals surface area contributed by atoms with Crippen molar-refractivity contribution in [2.75, 3.05) is 5.73 Å². The zero-order valence-corrected chi connectivity index (χ0v) is 13.4. The third-order valence-electron chi connectivity index (χ3n) is 2.82. The van der Waals surface area contributed by atoms with Gasteiger partial charge in [-0.15, -0.1) is 0 Å². The first-order valence-corrected chi connectivity index (χ1v) is 6.83. The topological polar surface area (TPSA) is 69.6 Å². The smallest absolute Gasteiger partial charge is 0.165 e. The fraction of sp³-hybridized carbons (Fsp3) is 0.462. The van der Waals surface area contributed by atoms with Crippen molar-refractivity contribution in [1.29, 1.82) is 0 Å². The number of aryl methyl sites for hydroxylation is 2. The molecule has 0 aliphatic carbocycles. The van der Waals surface area contributed by atoms with Gasteiger partial charge in [0.2, 0.25) is 0 Å². The van der Waals surface area contributed by atoms with Gasteiger partial charge in [-0.2, -0.15) is 5.10 Å². The van der Waals surface area contributed by atoms with Gasteiger partial charge in [-0.05, 0) is 22.9 Å². The quantitative estimate of drug-likeness (QED) is 0.876. The molecule has 0 aliphatic rings. The summed E-state index contributed by atoms with van der Waals surface area (Å²) in [6.07, 6.45) is 1.93. The van der Waals surface area contributed by atoms with Crippen LogP contribution in [0.3, 0.4) is 0 Å². The lowest BCUT2D eigenvalue weighted by Crippen LogP contribution is -2.14. The molecule has 2 rings (SSSR count). The predicted octanol–water partition coefficient (Wildman–Crippen LogP) is 2.83. The molecule has 0 atom stereocenters. The van der Waals surface area contributed by atoms with Crippen LogP contribution in [0.5, 0.6) is 0 Å². The van der Waals surface area contributed by atoms with Crippen LogP contribution in [0.4, 0.5) is 5.82 Å². The largest absolute Gasteiger partial charge is 0.383 e. The van der Waals surface area contributed by atoms with E-state index in [0.29, 0.717) is 11.6 Å². The highest BCUT2D eigenvalue weighted by molar-refractivity contribution is 9.10. The zero-order valence-electron chi connectivity index (χ0n) is 11.8. The third kappa shape index (κ3) is 2.63. The number of hydrogen-bond acceptors (Lipinski definition) is 4. The molecule has 5 nitrogen and oxygen atoms in total. The van der Waals surface area contributed by atoms with Gasteiger partial charge in [-0.1, -0.05) is 20.8 Å². The fourth-order valence-corrected chi connectivity index (χ4v) is 2.09. The molecule has 0 saturated heterocycles. The molecule has 2 N–H and O–H groups in total. The van der Waals surface area contributed by atoms with Gasteiger partial charge in [-0.25, -0.2) is 9.97 Å². The SMILES string of the molecule is Cc1nc(-c2cn(C)nc2C(C)(C)C)nc(N)c1Br. The van der Waals surface area contributed by atoms with Crippen LogP contribution in [0.25, 0.3) is 11.4 Å². The minimum absolute atomic E-state index is 0.0737. The molecule has 0 aliphatic heterocycles. The van der Waals surface area contributed by atoms with Gasteiger partial charge in [0.1, 0.15) is 5.82 Å². The van der Waals surface area contributed by atoms with Gasteiger partial charge in [0, 0.05) is 18.7 Å². The van der Waals surface area contributed by atoms with Crippen LogP contribution in [0, 0.1) is 6.92 Å². The average molecular weight is 324 g/mol. The summed E-state index contributed by atoms with van der Waals surface area (Å²) >= 11 is 3.38. The van der Waals surface area contributed by atoms with Crippen LogP contribution in [-0.2, 0) is 12.5 Å². The maximum atomic E-state index is 5.90. The number of rotatable bonds is 1. The van der Waals surface area contributed by atoms with E-state index >= 15 is 0 Å². The number of anilines is 1. The molecule has 19 heavy (non-hydrogen) atoms. The molecular formula is C13H18BrN5. The van der Waals surface area contributed by atoms with E-state index in [1.165, 1.54) is 0 Å².